The molecule has 0 aliphatic rings. The van der Waals surface area contributed by atoms with E-state index in [9.17, 15) is 9.90 Å². The van der Waals surface area contributed by atoms with Gasteiger partial charge in [0.25, 0.3) is 0 Å². The molecule has 0 aliphatic heterocycles. The highest BCUT2D eigenvalue weighted by atomic mass is 16.5. The van der Waals surface area contributed by atoms with Gasteiger partial charge in [0.1, 0.15) is 12.4 Å². The Bertz CT molecular complexity index is 1100. The lowest BCUT2D eigenvalue weighted by Gasteiger charge is -2.27. The maximum atomic E-state index is 12.2. The van der Waals surface area contributed by atoms with E-state index < -0.39 is 5.97 Å². The third-order valence-corrected chi connectivity index (χ3v) is 5.22. The number of rotatable bonds is 9. The summed E-state index contributed by atoms with van der Waals surface area (Å²) in [5.41, 5.74) is 4.15. The molecule has 0 fully saturated rings. The number of nitrogens with zero attached hydrogens (tertiary/aromatic N) is 1. The first kappa shape index (κ1) is 21.2. The summed E-state index contributed by atoms with van der Waals surface area (Å²) in [5, 5.41) is 9.97. The van der Waals surface area contributed by atoms with Crippen LogP contribution in [0.5, 0.6) is 5.75 Å². The van der Waals surface area contributed by atoms with Gasteiger partial charge in [0.2, 0.25) is 0 Å². The fourth-order valence-electron chi connectivity index (χ4n) is 3.63. The van der Waals surface area contributed by atoms with Crippen LogP contribution < -0.4 is 9.64 Å². The summed E-state index contributed by atoms with van der Waals surface area (Å²) in [6.45, 7) is 1.58. The second kappa shape index (κ2) is 10.3. The number of carbonyl (C=O) groups is 1. The predicted molar refractivity (Wildman–Crippen MR) is 127 cm³/mol. The fraction of sp³-hybridized carbons (Fsp3) is 0.107. The average Bonchev–Trinajstić information content (AvgIpc) is 2.84. The third-order valence-electron chi connectivity index (χ3n) is 5.22. The second-order valence-electron chi connectivity index (χ2n) is 7.59. The smallest absolute Gasteiger partial charge is 0.337 e. The molecule has 4 aromatic rings. The van der Waals surface area contributed by atoms with Gasteiger partial charge in [0.15, 0.2) is 0 Å². The summed E-state index contributed by atoms with van der Waals surface area (Å²) >= 11 is 0. The Hall–Kier alpha value is -4.05. The monoisotopic (exact) mass is 423 g/mol. The standard InChI is InChI=1S/C28H25NO3/c30-28(31)26-18-25(32-21-24-14-8-3-9-15-24)16-17-27(26)29(19-22-10-4-1-5-11-22)20-23-12-6-2-7-13-23/h1-18H,19-21H2,(H,30,31). The molecule has 0 saturated carbocycles. The summed E-state index contributed by atoms with van der Waals surface area (Å²) in [6.07, 6.45) is 0. The van der Waals surface area contributed by atoms with Crippen LogP contribution in [0, 0.1) is 0 Å². The number of benzene rings is 4. The van der Waals surface area contributed by atoms with Crippen LogP contribution in [-0.2, 0) is 19.7 Å². The average molecular weight is 424 g/mol. The van der Waals surface area contributed by atoms with Gasteiger partial charge in [-0.2, -0.15) is 0 Å². The molecule has 160 valence electrons. The minimum Gasteiger partial charge on any atom is -0.489 e. The fourth-order valence-corrected chi connectivity index (χ4v) is 3.63. The number of anilines is 1. The van der Waals surface area contributed by atoms with E-state index >= 15 is 0 Å². The van der Waals surface area contributed by atoms with Crippen LogP contribution in [-0.4, -0.2) is 11.1 Å². The zero-order valence-electron chi connectivity index (χ0n) is 17.7. The quantitative estimate of drug-likeness (QED) is 0.350. The zero-order valence-corrected chi connectivity index (χ0v) is 17.7. The van der Waals surface area contributed by atoms with E-state index in [2.05, 4.69) is 29.2 Å². The summed E-state index contributed by atoms with van der Waals surface area (Å²) in [7, 11) is 0. The SMILES string of the molecule is O=C(O)c1cc(OCc2ccccc2)ccc1N(Cc1ccccc1)Cc1ccccc1. The van der Waals surface area contributed by atoms with Crippen LogP contribution >= 0.6 is 0 Å². The molecule has 0 spiro atoms. The van der Waals surface area contributed by atoms with Crippen LogP contribution in [0.3, 0.4) is 0 Å². The molecule has 4 rings (SSSR count). The van der Waals surface area contributed by atoms with E-state index in [1.807, 2.05) is 78.9 Å². The minimum atomic E-state index is -0.976. The van der Waals surface area contributed by atoms with E-state index in [1.54, 1.807) is 6.07 Å². The topological polar surface area (TPSA) is 49.8 Å². The van der Waals surface area contributed by atoms with Crippen molar-refractivity contribution in [3.63, 3.8) is 0 Å². The van der Waals surface area contributed by atoms with Gasteiger partial charge >= 0.3 is 5.97 Å². The Kier molecular flexibility index (Phi) is 6.83. The number of hydrogen-bond donors (Lipinski definition) is 1. The number of aromatic carboxylic acids is 1. The first-order chi connectivity index (χ1) is 15.7. The summed E-state index contributed by atoms with van der Waals surface area (Å²) in [6, 6.07) is 35.3. The van der Waals surface area contributed by atoms with Crippen LogP contribution in [0.1, 0.15) is 27.0 Å². The van der Waals surface area contributed by atoms with Crippen molar-refractivity contribution in [3.8, 4) is 5.75 Å². The number of carboxylic acids is 1. The van der Waals surface area contributed by atoms with Gasteiger partial charge < -0.3 is 14.7 Å². The maximum absolute atomic E-state index is 12.2. The molecule has 0 saturated heterocycles. The largest absolute Gasteiger partial charge is 0.489 e. The summed E-state index contributed by atoms with van der Waals surface area (Å²) < 4.78 is 5.87. The minimum absolute atomic E-state index is 0.224. The van der Waals surface area contributed by atoms with Gasteiger partial charge in [-0.05, 0) is 34.9 Å². The Balaban J connectivity index is 1.63. The molecule has 0 bridgehead atoms. The van der Waals surface area contributed by atoms with E-state index in [0.717, 1.165) is 16.7 Å². The lowest BCUT2D eigenvalue weighted by molar-refractivity contribution is 0.0697. The Morgan fingerprint density at radius 3 is 1.69 bits per heavy atom. The van der Waals surface area contributed by atoms with Crippen molar-refractivity contribution in [2.75, 3.05) is 4.90 Å². The van der Waals surface area contributed by atoms with Crippen LogP contribution in [0.2, 0.25) is 0 Å². The molecule has 0 amide bonds. The van der Waals surface area contributed by atoms with Gasteiger partial charge in [-0.15, -0.1) is 0 Å². The van der Waals surface area contributed by atoms with Crippen molar-refractivity contribution >= 4 is 11.7 Å². The highest BCUT2D eigenvalue weighted by Gasteiger charge is 2.18. The molecule has 0 radical (unpaired) electrons. The molecular weight excluding hydrogens is 398 g/mol. The van der Waals surface area contributed by atoms with Crippen LogP contribution in [0.4, 0.5) is 5.69 Å². The van der Waals surface area contributed by atoms with Crippen LogP contribution in [0.25, 0.3) is 0 Å². The normalized spacial score (nSPS) is 10.5. The molecule has 0 aromatic heterocycles. The lowest BCUT2D eigenvalue weighted by atomic mass is 10.1. The van der Waals surface area contributed by atoms with Crippen molar-refractivity contribution < 1.29 is 14.6 Å². The van der Waals surface area contributed by atoms with Crippen molar-refractivity contribution in [2.24, 2.45) is 0 Å². The van der Waals surface area contributed by atoms with Crippen molar-refractivity contribution in [2.45, 2.75) is 19.7 Å². The summed E-state index contributed by atoms with van der Waals surface area (Å²) in [5.74, 6) is -0.439. The molecule has 0 heterocycles. The van der Waals surface area contributed by atoms with Gasteiger partial charge in [0, 0.05) is 13.1 Å². The highest BCUT2D eigenvalue weighted by molar-refractivity contribution is 5.95. The molecule has 4 aromatic carbocycles. The van der Waals surface area contributed by atoms with Crippen molar-refractivity contribution in [1.82, 2.24) is 0 Å². The highest BCUT2D eigenvalue weighted by Crippen LogP contribution is 2.29. The van der Waals surface area contributed by atoms with Crippen molar-refractivity contribution in [1.29, 1.82) is 0 Å². The van der Waals surface area contributed by atoms with E-state index in [1.165, 1.54) is 0 Å². The van der Waals surface area contributed by atoms with E-state index in [0.29, 0.717) is 31.1 Å². The number of carboxylic acid groups (broad SMARTS) is 1. The first-order valence-electron chi connectivity index (χ1n) is 10.6. The third kappa shape index (κ3) is 5.55. The zero-order chi connectivity index (χ0) is 22.2. The van der Waals surface area contributed by atoms with Gasteiger partial charge in [-0.25, -0.2) is 4.79 Å². The number of ether oxygens (including phenoxy) is 1. The van der Waals surface area contributed by atoms with E-state index in [4.69, 9.17) is 4.74 Å². The lowest BCUT2D eigenvalue weighted by Crippen LogP contribution is -2.24. The van der Waals surface area contributed by atoms with E-state index in [-0.39, 0.29) is 5.56 Å². The van der Waals surface area contributed by atoms with Crippen molar-refractivity contribution in [3.05, 3.63) is 131 Å². The first-order valence-corrected chi connectivity index (χ1v) is 10.6. The molecule has 1 N–H and O–H groups in total. The number of hydrogen-bond acceptors (Lipinski definition) is 3. The molecule has 0 aliphatic carbocycles. The Morgan fingerprint density at radius 2 is 1.19 bits per heavy atom. The van der Waals surface area contributed by atoms with Crippen LogP contribution in [0.15, 0.2) is 109 Å². The van der Waals surface area contributed by atoms with Gasteiger partial charge in [-0.3, -0.25) is 0 Å². The molecule has 0 atom stereocenters. The Morgan fingerprint density at radius 1 is 0.688 bits per heavy atom. The molecular formula is C28H25NO3. The predicted octanol–water partition coefficient (Wildman–Crippen LogP) is 6.17. The second-order valence-corrected chi connectivity index (χ2v) is 7.59. The molecule has 0 unspecified atom stereocenters. The maximum Gasteiger partial charge on any atom is 0.337 e. The summed E-state index contributed by atoms with van der Waals surface area (Å²) in [4.78, 5) is 14.3. The van der Waals surface area contributed by atoms with Gasteiger partial charge in [-0.1, -0.05) is 91.0 Å². The molecule has 4 heteroatoms. The molecule has 4 nitrogen and oxygen atoms in total. The van der Waals surface area contributed by atoms with Gasteiger partial charge in [0.05, 0.1) is 11.3 Å². The molecule has 32 heavy (non-hydrogen) atoms. The Labute approximate surface area is 188 Å².